The summed E-state index contributed by atoms with van der Waals surface area (Å²) < 4.78 is 6.21. The van der Waals surface area contributed by atoms with Crippen LogP contribution in [0.2, 0.25) is 5.02 Å². The van der Waals surface area contributed by atoms with Crippen molar-refractivity contribution in [3.05, 3.63) is 102 Å². The van der Waals surface area contributed by atoms with E-state index in [0.717, 1.165) is 38.8 Å². The number of hydrogen-bond donors (Lipinski definition) is 0. The summed E-state index contributed by atoms with van der Waals surface area (Å²) >= 11 is 6.03. The van der Waals surface area contributed by atoms with E-state index in [1.165, 1.54) is 0 Å². The van der Waals surface area contributed by atoms with Gasteiger partial charge < -0.3 is 0 Å². The molecule has 0 bridgehead atoms. The molecule has 0 fully saturated rings. The molecule has 0 spiro atoms. The van der Waals surface area contributed by atoms with Crippen LogP contribution in [0, 0.1) is 0 Å². The number of hydrogen-bond acceptors (Lipinski definition) is 0. The van der Waals surface area contributed by atoms with Gasteiger partial charge in [0, 0.05) is 10.6 Å². The van der Waals surface area contributed by atoms with Crippen molar-refractivity contribution in [3.8, 4) is 33.8 Å². The van der Waals surface area contributed by atoms with E-state index in [4.69, 9.17) is 56.4 Å². The van der Waals surface area contributed by atoms with Gasteiger partial charge in [0.15, 0.2) is 0 Å². The molecule has 157 valence electrons. The van der Waals surface area contributed by atoms with Crippen molar-refractivity contribution < 1.29 is 13.6 Å². The third-order valence-corrected chi connectivity index (χ3v) is 4.34. The van der Waals surface area contributed by atoms with E-state index in [2.05, 4.69) is 36.4 Å². The molecule has 0 saturated carbocycles. The van der Waals surface area contributed by atoms with E-state index in [1.807, 2.05) is 60.7 Å². The summed E-state index contributed by atoms with van der Waals surface area (Å²) in [5.74, 6) is 1.68. The van der Waals surface area contributed by atoms with Crippen LogP contribution in [0.4, 0.5) is 0 Å². The molecule has 0 aliphatic rings. The minimum absolute atomic E-state index is 0.732. The molecule has 0 aliphatic heterocycles. The first-order valence-electron chi connectivity index (χ1n) is 8.68. The Kier molecular flexibility index (Phi) is 8.51. The zero-order valence-electron chi connectivity index (χ0n) is 15.4. The summed E-state index contributed by atoms with van der Waals surface area (Å²) in [7, 11) is 17.2. The fourth-order valence-electron chi connectivity index (χ4n) is 2.80. The molecule has 0 unspecified atom stereocenters. The molecular formula is C23H16Cl5FeO. The van der Waals surface area contributed by atoms with Crippen LogP contribution in [0.1, 0.15) is 0 Å². The fourth-order valence-corrected chi connectivity index (χ4v) is 2.93. The number of rotatable bonds is 3. The Hall–Kier alpha value is -1.22. The molecule has 4 aromatic rings. The molecular weight excluding hydrogens is 525 g/mol. The molecule has 1 aromatic heterocycles. The second-order valence-corrected chi connectivity index (χ2v) is 17.5. The summed E-state index contributed by atoms with van der Waals surface area (Å²) in [6, 6.07) is 32.3. The molecule has 1 heterocycles. The van der Waals surface area contributed by atoms with Crippen molar-refractivity contribution in [1.29, 1.82) is 0 Å². The van der Waals surface area contributed by atoms with Gasteiger partial charge in [-0.3, -0.25) is 0 Å². The summed E-state index contributed by atoms with van der Waals surface area (Å²) in [6.07, 6.45) is 0. The van der Waals surface area contributed by atoms with Gasteiger partial charge in [0.05, 0.1) is 23.3 Å². The fraction of sp³-hybridized carbons (Fsp3) is 0. The second-order valence-electron chi connectivity index (χ2n) is 6.12. The molecule has 0 radical (unpaired) electrons. The standard InChI is InChI=1S/C23H16ClO.4ClH.Fe/c24-21-13-11-17(12-14-21)20-15-22(18-7-3-1-4-8-18)25-23(16-20)19-9-5-2-6-10-19;;;;;/h1-16H;4*1H;/q+1;;;;;+3/p-4. The van der Waals surface area contributed by atoms with E-state index < -0.39 is 9.20 Å². The molecule has 7 heteroatoms. The topological polar surface area (TPSA) is 11.3 Å². The van der Waals surface area contributed by atoms with E-state index in [9.17, 15) is 0 Å². The van der Waals surface area contributed by atoms with Crippen LogP contribution < -0.4 is 0 Å². The SMILES string of the molecule is Clc1ccc(-c2cc(-c3ccccc3)[o+]c(-c3ccccc3)c2)cc1.[Cl][Fe-]([Cl])([Cl])[Cl]. The molecule has 0 amide bonds. The van der Waals surface area contributed by atoms with E-state index in [1.54, 1.807) is 0 Å². The Balaban J connectivity index is 0.000000461. The van der Waals surface area contributed by atoms with Crippen molar-refractivity contribution in [1.82, 2.24) is 0 Å². The molecule has 4 rings (SSSR count). The zero-order valence-corrected chi connectivity index (χ0v) is 20.3. The van der Waals surface area contributed by atoms with Crippen molar-refractivity contribution >= 4 is 52.0 Å². The predicted octanol–water partition coefficient (Wildman–Crippen LogP) is 9.97. The summed E-state index contributed by atoms with van der Waals surface area (Å²) in [4.78, 5) is 0. The van der Waals surface area contributed by atoms with Gasteiger partial charge >= 0.3 is 61.1 Å². The van der Waals surface area contributed by atoms with E-state index >= 15 is 0 Å². The predicted molar refractivity (Wildman–Crippen MR) is 128 cm³/mol. The van der Waals surface area contributed by atoms with Crippen molar-refractivity contribution in [3.63, 3.8) is 0 Å². The molecule has 30 heavy (non-hydrogen) atoms. The number of halogens is 5. The summed E-state index contributed by atoms with van der Waals surface area (Å²) in [5, 5.41) is 0.732. The Bertz CT molecular complexity index is 1020. The monoisotopic (exact) mass is 539 g/mol. The van der Waals surface area contributed by atoms with Crippen LogP contribution in [0.25, 0.3) is 33.8 Å². The Morgan fingerprint density at radius 3 is 1.30 bits per heavy atom. The first kappa shape index (κ1) is 23.4. The first-order valence-corrected chi connectivity index (χ1v) is 15.1. The van der Waals surface area contributed by atoms with Gasteiger partial charge in [-0.1, -0.05) is 60.1 Å². The zero-order chi connectivity index (χ0) is 21.6. The van der Waals surface area contributed by atoms with Gasteiger partial charge in [-0.2, -0.15) is 0 Å². The van der Waals surface area contributed by atoms with Crippen LogP contribution in [0.15, 0.2) is 101 Å². The van der Waals surface area contributed by atoms with Crippen LogP contribution in [-0.2, 0) is 9.20 Å². The maximum absolute atomic E-state index is 6.21. The molecule has 0 N–H and O–H groups in total. The van der Waals surface area contributed by atoms with Gasteiger partial charge in [0.25, 0.3) is 0 Å². The van der Waals surface area contributed by atoms with Crippen molar-refractivity contribution in [2.24, 2.45) is 0 Å². The van der Waals surface area contributed by atoms with Crippen LogP contribution in [-0.4, -0.2) is 0 Å². The minimum atomic E-state index is -2.61. The molecule has 1 nitrogen and oxygen atoms in total. The van der Waals surface area contributed by atoms with Gasteiger partial charge in [0.1, 0.15) is 0 Å². The quantitative estimate of drug-likeness (QED) is 0.186. The molecule has 0 saturated heterocycles. The molecule has 0 atom stereocenters. The third-order valence-electron chi connectivity index (χ3n) is 4.09. The summed E-state index contributed by atoms with van der Waals surface area (Å²) in [5.41, 5.74) is 4.31. The maximum atomic E-state index is 6.21. The molecule has 0 aliphatic carbocycles. The van der Waals surface area contributed by atoms with Crippen molar-refractivity contribution in [2.75, 3.05) is 0 Å². The Morgan fingerprint density at radius 1 is 0.500 bits per heavy atom. The normalized spacial score (nSPS) is 11.4. The average molecular weight is 541 g/mol. The average Bonchev–Trinajstić information content (AvgIpc) is 2.74. The van der Waals surface area contributed by atoms with Crippen LogP contribution in [0.5, 0.6) is 0 Å². The van der Waals surface area contributed by atoms with E-state index in [0.29, 0.717) is 0 Å². The van der Waals surface area contributed by atoms with Crippen molar-refractivity contribution in [2.45, 2.75) is 0 Å². The summed E-state index contributed by atoms with van der Waals surface area (Å²) in [6.45, 7) is 0. The molecule has 3 aromatic carbocycles. The van der Waals surface area contributed by atoms with E-state index in [-0.39, 0.29) is 0 Å². The Labute approximate surface area is 200 Å². The second kappa shape index (κ2) is 10.9. The first-order chi connectivity index (χ1) is 14.3. The van der Waals surface area contributed by atoms with Crippen LogP contribution in [0.3, 0.4) is 0 Å². The van der Waals surface area contributed by atoms with Crippen LogP contribution >= 0.6 is 52.0 Å². The van der Waals surface area contributed by atoms with Gasteiger partial charge in [-0.15, -0.1) is 0 Å². The van der Waals surface area contributed by atoms with Gasteiger partial charge in [0.2, 0.25) is 0 Å². The van der Waals surface area contributed by atoms with Gasteiger partial charge in [-0.25, -0.2) is 4.42 Å². The number of benzene rings is 3. The Morgan fingerprint density at radius 2 is 0.900 bits per heavy atom. The van der Waals surface area contributed by atoms with Gasteiger partial charge in [-0.05, 0) is 42.0 Å². The third kappa shape index (κ3) is 7.48.